The lowest BCUT2D eigenvalue weighted by Gasteiger charge is -2.35. The van der Waals surface area contributed by atoms with Gasteiger partial charge in [0.05, 0.1) is 6.61 Å². The van der Waals surface area contributed by atoms with Crippen molar-refractivity contribution in [2.45, 2.75) is 48.7 Å². The lowest BCUT2D eigenvalue weighted by atomic mass is 10.1. The molecule has 0 aromatic rings. The Kier molecular flexibility index (Phi) is 7.00. The highest BCUT2D eigenvalue weighted by atomic mass is 31.0. The van der Waals surface area contributed by atoms with Crippen molar-refractivity contribution in [3.8, 4) is 0 Å². The number of ether oxygens (including phenoxy) is 1. The van der Waals surface area contributed by atoms with E-state index in [0.29, 0.717) is 4.90 Å². The maximum Gasteiger partial charge on any atom is 0.423 e. The molecule has 13 heteroatoms. The molecule has 4 unspecified atom stereocenters. The van der Waals surface area contributed by atoms with E-state index in [1.54, 1.807) is 0 Å². The second kappa shape index (κ2) is 7.72. The van der Waals surface area contributed by atoms with Crippen molar-refractivity contribution in [1.29, 1.82) is 0 Å². The van der Waals surface area contributed by atoms with Crippen LogP contribution in [0.4, 0.5) is 43.9 Å². The molecule has 0 saturated carbocycles. The SMILES string of the molecule is FC(C(F)(F)F)C(F)(P)COCC(F)(F)C(N1CCCC1)C(F)(F)F. The van der Waals surface area contributed by atoms with Gasteiger partial charge in [0.1, 0.15) is 6.61 Å². The molecule has 0 amide bonds. The summed E-state index contributed by atoms with van der Waals surface area (Å²) in [5, 5.41) is -3.80. The molecule has 0 aliphatic carbocycles. The fraction of sp³-hybridized carbons (Fsp3) is 1.00. The molecule has 2 nitrogen and oxygen atoms in total. The van der Waals surface area contributed by atoms with Crippen LogP contribution in [0.3, 0.4) is 0 Å². The summed E-state index contributed by atoms with van der Waals surface area (Å²) in [6.07, 6.45) is -14.5. The number of likely N-dealkylation sites (tertiary alicyclic amines) is 1. The number of alkyl halides is 10. The van der Waals surface area contributed by atoms with Gasteiger partial charge in [-0.3, -0.25) is 4.90 Å². The predicted octanol–water partition coefficient (Wildman–Crippen LogP) is 4.11. The van der Waals surface area contributed by atoms with E-state index in [4.69, 9.17) is 0 Å². The third kappa shape index (κ3) is 6.09. The van der Waals surface area contributed by atoms with Gasteiger partial charge >= 0.3 is 12.4 Å². The van der Waals surface area contributed by atoms with Gasteiger partial charge in [-0.05, 0) is 25.9 Å². The fourth-order valence-corrected chi connectivity index (χ4v) is 2.79. The van der Waals surface area contributed by atoms with Crippen molar-refractivity contribution in [2.24, 2.45) is 0 Å². The Hall–Kier alpha value is -0.350. The quantitative estimate of drug-likeness (QED) is 0.462. The van der Waals surface area contributed by atoms with Gasteiger partial charge in [0.25, 0.3) is 5.92 Å². The molecule has 4 atom stereocenters. The summed E-state index contributed by atoms with van der Waals surface area (Å²) in [5.41, 5.74) is 0. The van der Waals surface area contributed by atoms with Crippen LogP contribution in [-0.4, -0.2) is 67.1 Å². The molecular formula is C12H16F10NOP. The molecule has 0 N–H and O–H groups in total. The summed E-state index contributed by atoms with van der Waals surface area (Å²) >= 11 is 0. The van der Waals surface area contributed by atoms with Crippen LogP contribution in [0.25, 0.3) is 0 Å². The molecule has 1 saturated heterocycles. The molecular weight excluding hydrogens is 395 g/mol. The molecule has 1 aliphatic heterocycles. The van der Waals surface area contributed by atoms with Crippen molar-refractivity contribution in [2.75, 3.05) is 26.3 Å². The topological polar surface area (TPSA) is 12.5 Å². The summed E-state index contributed by atoms with van der Waals surface area (Å²) in [5.74, 6) is -4.55. The maximum absolute atomic E-state index is 13.9. The summed E-state index contributed by atoms with van der Waals surface area (Å²) in [6, 6.07) is -3.22. The lowest BCUT2D eigenvalue weighted by molar-refractivity contribution is -0.257. The zero-order chi connectivity index (χ0) is 19.7. The number of nitrogens with zero attached hydrogens (tertiary/aromatic N) is 1. The summed E-state index contributed by atoms with van der Waals surface area (Å²) in [4.78, 5) is 0.487. The van der Waals surface area contributed by atoms with E-state index in [1.165, 1.54) is 0 Å². The zero-order valence-corrected chi connectivity index (χ0v) is 13.8. The molecule has 1 rings (SSSR count). The smallest absolute Gasteiger partial charge is 0.371 e. The molecule has 0 aromatic carbocycles. The van der Waals surface area contributed by atoms with Crippen LogP contribution >= 0.6 is 9.24 Å². The van der Waals surface area contributed by atoms with E-state index in [2.05, 4.69) is 4.74 Å². The van der Waals surface area contributed by atoms with Gasteiger partial charge in [-0.25, -0.2) is 17.6 Å². The highest BCUT2D eigenvalue weighted by Crippen LogP contribution is 2.40. The molecule has 1 heterocycles. The fourth-order valence-electron chi connectivity index (χ4n) is 2.48. The second-order valence-electron chi connectivity index (χ2n) is 5.77. The number of halogens is 10. The van der Waals surface area contributed by atoms with E-state index in [1.807, 2.05) is 0 Å². The van der Waals surface area contributed by atoms with Crippen molar-refractivity contribution < 1.29 is 48.6 Å². The van der Waals surface area contributed by atoms with Crippen LogP contribution in [0.2, 0.25) is 0 Å². The number of rotatable bonds is 7. The Morgan fingerprint density at radius 2 is 1.32 bits per heavy atom. The molecule has 1 aliphatic rings. The zero-order valence-electron chi connectivity index (χ0n) is 12.6. The Morgan fingerprint density at radius 1 is 0.840 bits per heavy atom. The predicted molar refractivity (Wildman–Crippen MR) is 70.9 cm³/mol. The minimum atomic E-state index is -5.62. The van der Waals surface area contributed by atoms with E-state index in [-0.39, 0.29) is 25.9 Å². The van der Waals surface area contributed by atoms with Crippen LogP contribution in [0, 0.1) is 0 Å². The molecule has 0 spiro atoms. The van der Waals surface area contributed by atoms with Crippen molar-refractivity contribution in [1.82, 2.24) is 4.90 Å². The maximum atomic E-state index is 13.9. The first-order chi connectivity index (χ1) is 11.1. The summed E-state index contributed by atoms with van der Waals surface area (Å²) in [6.45, 7) is -4.29. The first kappa shape index (κ1) is 22.7. The highest BCUT2D eigenvalue weighted by Gasteiger charge is 2.59. The number of hydrogen-bond donors (Lipinski definition) is 0. The Labute approximate surface area is 139 Å². The van der Waals surface area contributed by atoms with Crippen LogP contribution in [0.5, 0.6) is 0 Å². The Bertz CT molecular complexity index is 433. The van der Waals surface area contributed by atoms with Gasteiger partial charge < -0.3 is 4.74 Å². The van der Waals surface area contributed by atoms with Gasteiger partial charge in [0, 0.05) is 0 Å². The monoisotopic (exact) mass is 411 g/mol. The Balaban J connectivity index is 2.75. The van der Waals surface area contributed by atoms with Gasteiger partial charge in [-0.2, -0.15) is 26.3 Å². The van der Waals surface area contributed by atoms with E-state index < -0.39 is 49.1 Å². The van der Waals surface area contributed by atoms with Crippen LogP contribution < -0.4 is 0 Å². The summed E-state index contributed by atoms with van der Waals surface area (Å²) < 4.78 is 133. The Morgan fingerprint density at radius 3 is 1.72 bits per heavy atom. The summed E-state index contributed by atoms with van der Waals surface area (Å²) in [7, 11) is 0.841. The largest absolute Gasteiger partial charge is 0.423 e. The highest BCUT2D eigenvalue weighted by molar-refractivity contribution is 7.18. The molecule has 25 heavy (non-hydrogen) atoms. The standard InChI is InChI=1S/C12H16F10NOP/c13-7(11(17,18)19)10(16,25)6-24-5-9(14,15)8(12(20,21)22)23-3-1-2-4-23/h7-8H,1-6,25H2. The number of hydrogen-bond acceptors (Lipinski definition) is 2. The average Bonchev–Trinajstić information content (AvgIpc) is 2.87. The minimum absolute atomic E-state index is 0.239. The lowest BCUT2D eigenvalue weighted by Crippen LogP contribution is -2.57. The second-order valence-corrected chi connectivity index (χ2v) is 6.73. The van der Waals surface area contributed by atoms with E-state index in [0.717, 1.165) is 9.24 Å². The van der Waals surface area contributed by atoms with Gasteiger partial charge in [-0.1, -0.05) is 9.24 Å². The molecule has 1 fully saturated rings. The van der Waals surface area contributed by atoms with Gasteiger partial charge in [0.15, 0.2) is 11.5 Å². The van der Waals surface area contributed by atoms with Gasteiger partial charge in [0.2, 0.25) is 6.17 Å². The van der Waals surface area contributed by atoms with Crippen LogP contribution in [0.15, 0.2) is 0 Å². The van der Waals surface area contributed by atoms with E-state index in [9.17, 15) is 43.9 Å². The molecule has 0 bridgehead atoms. The van der Waals surface area contributed by atoms with Crippen molar-refractivity contribution in [3.05, 3.63) is 0 Å². The molecule has 0 radical (unpaired) electrons. The third-order valence-corrected chi connectivity index (χ3v) is 4.00. The average molecular weight is 411 g/mol. The first-order valence-electron chi connectivity index (χ1n) is 7.04. The van der Waals surface area contributed by atoms with Crippen LogP contribution in [-0.2, 0) is 4.74 Å². The first-order valence-corrected chi connectivity index (χ1v) is 7.61. The molecule has 0 aromatic heterocycles. The third-order valence-electron chi connectivity index (χ3n) is 3.54. The van der Waals surface area contributed by atoms with Crippen molar-refractivity contribution >= 4 is 9.24 Å². The minimum Gasteiger partial charge on any atom is -0.371 e. The van der Waals surface area contributed by atoms with Crippen molar-refractivity contribution in [3.63, 3.8) is 0 Å². The molecule has 150 valence electrons. The van der Waals surface area contributed by atoms with Gasteiger partial charge in [-0.15, -0.1) is 0 Å². The normalized spacial score (nSPS) is 22.7. The van der Waals surface area contributed by atoms with E-state index >= 15 is 0 Å². The van der Waals surface area contributed by atoms with Crippen LogP contribution in [0.1, 0.15) is 12.8 Å².